The Morgan fingerprint density at radius 3 is 2.64 bits per heavy atom. The van der Waals surface area contributed by atoms with Crippen LogP contribution in [0.1, 0.15) is 16.2 Å². The molecule has 22 heavy (non-hydrogen) atoms. The van der Waals surface area contributed by atoms with Crippen LogP contribution in [-0.2, 0) is 15.5 Å². The van der Waals surface area contributed by atoms with Gasteiger partial charge in [-0.15, -0.1) is 0 Å². The second-order valence-electron chi connectivity index (χ2n) is 4.37. The zero-order valence-electron chi connectivity index (χ0n) is 12.0. The van der Waals surface area contributed by atoms with Gasteiger partial charge in [0.15, 0.2) is 11.5 Å². The Morgan fingerprint density at radius 2 is 2.09 bits per heavy atom. The molecule has 1 aromatic carbocycles. The first-order valence-electron chi connectivity index (χ1n) is 6.10. The first kappa shape index (κ1) is 16.5. The Morgan fingerprint density at radius 1 is 1.41 bits per heavy atom. The summed E-state index contributed by atoms with van der Waals surface area (Å²) in [6, 6.07) is 2.81. The lowest BCUT2D eigenvalue weighted by atomic mass is 10.1. The van der Waals surface area contributed by atoms with Gasteiger partial charge in [0.25, 0.3) is 0 Å². The van der Waals surface area contributed by atoms with Gasteiger partial charge < -0.3 is 4.74 Å². The van der Waals surface area contributed by atoms with E-state index in [0.29, 0.717) is 0 Å². The maximum absolute atomic E-state index is 14.3. The smallest absolute Gasteiger partial charge is 0.358 e. The van der Waals surface area contributed by atoms with Gasteiger partial charge in [0.05, 0.1) is 51.0 Å². The third kappa shape index (κ3) is 3.00. The minimum atomic E-state index is -1.44. The van der Waals surface area contributed by atoms with Gasteiger partial charge in [-0.1, -0.05) is 11.6 Å². The Kier molecular flexibility index (Phi) is 4.87. The van der Waals surface area contributed by atoms with Crippen LogP contribution >= 0.6 is 11.6 Å². The van der Waals surface area contributed by atoms with Crippen LogP contribution in [0.15, 0.2) is 23.2 Å². The van der Waals surface area contributed by atoms with E-state index in [1.54, 1.807) is 6.92 Å². The molecule has 1 atom stereocenters. The molecule has 0 amide bonds. The molecule has 2 rings (SSSR count). The van der Waals surface area contributed by atoms with Gasteiger partial charge in [0, 0.05) is 6.26 Å². The van der Waals surface area contributed by atoms with Crippen molar-refractivity contribution in [3.63, 3.8) is 0 Å². The summed E-state index contributed by atoms with van der Waals surface area (Å²) >= 11 is 5.79. The van der Waals surface area contributed by atoms with E-state index in [2.05, 4.69) is 14.7 Å². The highest BCUT2D eigenvalue weighted by Gasteiger charge is 2.20. The van der Waals surface area contributed by atoms with Gasteiger partial charge in [0.1, 0.15) is 0 Å². The Hall–Kier alpha value is -1.86. The van der Waals surface area contributed by atoms with Gasteiger partial charge in [-0.3, -0.25) is 4.21 Å². The van der Waals surface area contributed by atoms with Gasteiger partial charge in [-0.25, -0.2) is 19.2 Å². The average molecular weight is 343 g/mol. The molecule has 0 aliphatic heterocycles. The molecule has 116 valence electrons. The number of carbonyl (C=O) groups excluding carboxylic acids is 1. The van der Waals surface area contributed by atoms with Crippen LogP contribution in [0.5, 0.6) is 0 Å². The Labute approximate surface area is 134 Å². The normalized spacial score (nSPS) is 12.0. The SMILES string of the molecule is COC(=O)c1ncc(-c2c(S(C)=O)ccc(Cl)c2F)nc1C. The van der Waals surface area contributed by atoms with E-state index < -0.39 is 22.6 Å². The minimum Gasteiger partial charge on any atom is -0.464 e. The molecule has 0 spiro atoms. The molecule has 1 unspecified atom stereocenters. The summed E-state index contributed by atoms with van der Waals surface area (Å²) in [6.45, 7) is 1.55. The van der Waals surface area contributed by atoms with Crippen LogP contribution < -0.4 is 0 Å². The molecule has 0 bridgehead atoms. The molecule has 0 saturated carbocycles. The molecular formula is C14H12ClFN2O3S. The second-order valence-corrected chi connectivity index (χ2v) is 6.12. The van der Waals surface area contributed by atoms with E-state index >= 15 is 0 Å². The summed E-state index contributed by atoms with van der Waals surface area (Å²) in [5.74, 6) is -1.36. The average Bonchev–Trinajstić information content (AvgIpc) is 2.48. The predicted molar refractivity (Wildman–Crippen MR) is 80.8 cm³/mol. The summed E-state index contributed by atoms with van der Waals surface area (Å²) in [6.07, 6.45) is 2.65. The third-order valence-corrected chi connectivity index (χ3v) is 4.20. The third-order valence-electron chi connectivity index (χ3n) is 2.95. The fourth-order valence-electron chi connectivity index (χ4n) is 1.91. The number of halogens is 2. The number of carbonyl (C=O) groups is 1. The van der Waals surface area contributed by atoms with Crippen molar-refractivity contribution in [1.29, 1.82) is 0 Å². The Balaban J connectivity index is 2.67. The number of hydrogen-bond donors (Lipinski definition) is 0. The van der Waals surface area contributed by atoms with E-state index in [1.165, 1.54) is 31.7 Å². The number of esters is 1. The number of nitrogens with zero attached hydrogens (tertiary/aromatic N) is 2. The number of aryl methyl sites for hydroxylation is 1. The fraction of sp³-hybridized carbons (Fsp3) is 0.214. The molecule has 0 aliphatic carbocycles. The van der Waals surface area contributed by atoms with Crippen molar-refractivity contribution in [2.45, 2.75) is 11.8 Å². The zero-order valence-corrected chi connectivity index (χ0v) is 13.6. The van der Waals surface area contributed by atoms with Gasteiger partial charge in [0.2, 0.25) is 0 Å². The summed E-state index contributed by atoms with van der Waals surface area (Å²) in [7, 11) is -0.211. The highest BCUT2D eigenvalue weighted by atomic mass is 35.5. The van der Waals surface area contributed by atoms with Crippen molar-refractivity contribution in [1.82, 2.24) is 9.97 Å². The van der Waals surface area contributed by atoms with Crippen LogP contribution in [0.3, 0.4) is 0 Å². The van der Waals surface area contributed by atoms with Crippen molar-refractivity contribution in [3.8, 4) is 11.3 Å². The molecule has 0 radical (unpaired) electrons. The van der Waals surface area contributed by atoms with Gasteiger partial charge in [-0.2, -0.15) is 0 Å². The van der Waals surface area contributed by atoms with Crippen LogP contribution in [0, 0.1) is 12.7 Å². The fourth-order valence-corrected chi connectivity index (χ4v) is 2.81. The number of hydrogen-bond acceptors (Lipinski definition) is 5. The molecular weight excluding hydrogens is 331 g/mol. The molecule has 8 heteroatoms. The quantitative estimate of drug-likeness (QED) is 0.802. The number of ether oxygens (including phenoxy) is 1. The number of benzene rings is 1. The number of rotatable bonds is 3. The molecule has 0 fully saturated rings. The van der Waals surface area contributed by atoms with Gasteiger partial charge >= 0.3 is 5.97 Å². The summed E-state index contributed by atoms with van der Waals surface area (Å²) < 4.78 is 30.7. The van der Waals surface area contributed by atoms with Crippen molar-refractivity contribution in [3.05, 3.63) is 40.6 Å². The van der Waals surface area contributed by atoms with E-state index in [9.17, 15) is 13.4 Å². The lowest BCUT2D eigenvalue weighted by molar-refractivity contribution is 0.0592. The van der Waals surface area contributed by atoms with Gasteiger partial charge in [-0.05, 0) is 19.1 Å². The largest absolute Gasteiger partial charge is 0.464 e. The lowest BCUT2D eigenvalue weighted by Gasteiger charge is -2.11. The zero-order chi connectivity index (χ0) is 16.4. The van der Waals surface area contributed by atoms with Crippen molar-refractivity contribution in [2.24, 2.45) is 0 Å². The summed E-state index contributed by atoms with van der Waals surface area (Å²) in [4.78, 5) is 19.9. The first-order valence-corrected chi connectivity index (χ1v) is 8.04. The predicted octanol–water partition coefficient (Wildman–Crippen LogP) is 2.77. The molecule has 5 nitrogen and oxygen atoms in total. The van der Waals surface area contributed by atoms with E-state index in [1.807, 2.05) is 0 Å². The topological polar surface area (TPSA) is 69.2 Å². The molecule has 0 saturated heterocycles. The summed E-state index contributed by atoms with van der Waals surface area (Å²) in [5.41, 5.74) is 0.472. The molecule has 1 heterocycles. The van der Waals surface area contributed by atoms with Crippen molar-refractivity contribution >= 4 is 28.4 Å². The second kappa shape index (κ2) is 6.50. The van der Waals surface area contributed by atoms with Crippen LogP contribution in [0.25, 0.3) is 11.3 Å². The first-order chi connectivity index (χ1) is 10.4. The molecule has 0 aliphatic rings. The maximum atomic E-state index is 14.3. The van der Waals surface area contributed by atoms with Crippen molar-refractivity contribution in [2.75, 3.05) is 13.4 Å². The lowest BCUT2D eigenvalue weighted by Crippen LogP contribution is -2.09. The molecule has 2 aromatic rings. The monoisotopic (exact) mass is 342 g/mol. The van der Waals surface area contributed by atoms with Crippen LogP contribution in [-0.4, -0.2) is 33.5 Å². The maximum Gasteiger partial charge on any atom is 0.358 e. The van der Waals surface area contributed by atoms with Crippen LogP contribution in [0.4, 0.5) is 4.39 Å². The number of aromatic nitrogens is 2. The summed E-state index contributed by atoms with van der Waals surface area (Å²) in [5, 5.41) is -0.110. The van der Waals surface area contributed by atoms with Crippen molar-refractivity contribution < 1.29 is 18.1 Å². The van der Waals surface area contributed by atoms with E-state index in [0.717, 1.165) is 0 Å². The standard InChI is InChI=1S/C14H12ClFN2O3S/c1-7-13(14(19)21-2)17-6-9(18-7)11-10(22(3)20)5-4-8(15)12(11)16/h4-6H,1-3H3. The minimum absolute atomic E-state index is 0.0142. The highest BCUT2D eigenvalue weighted by Crippen LogP contribution is 2.32. The van der Waals surface area contributed by atoms with E-state index in [4.69, 9.17) is 11.6 Å². The molecule has 0 N–H and O–H groups in total. The Bertz CT molecular complexity index is 783. The van der Waals surface area contributed by atoms with Crippen LogP contribution in [0.2, 0.25) is 5.02 Å². The highest BCUT2D eigenvalue weighted by molar-refractivity contribution is 7.84. The molecule has 1 aromatic heterocycles. The number of methoxy groups -OCH3 is 1. The van der Waals surface area contributed by atoms with E-state index in [-0.39, 0.29) is 32.6 Å².